The van der Waals surface area contributed by atoms with Crippen LogP contribution < -0.4 is 13.9 Å². The van der Waals surface area contributed by atoms with Gasteiger partial charge in [0.25, 0.3) is 0 Å². The molecule has 0 amide bonds. The van der Waals surface area contributed by atoms with Crippen molar-refractivity contribution in [3.8, 4) is 0 Å². The number of para-hydroxylation sites is 1. The minimum atomic E-state index is -3.10. The first-order valence-electron chi connectivity index (χ1n) is 7.72. The van der Waals surface area contributed by atoms with Crippen LogP contribution in [0.5, 0.6) is 0 Å². The van der Waals surface area contributed by atoms with E-state index in [-0.39, 0.29) is 0 Å². The van der Waals surface area contributed by atoms with Gasteiger partial charge in [0.05, 0.1) is 17.1 Å². The molecule has 0 radical (unpaired) electrons. The average Bonchev–Trinajstić information content (AvgIpc) is 2.75. The topological polar surface area (TPSA) is 59.0 Å². The maximum atomic E-state index is 10.9. The van der Waals surface area contributed by atoms with Crippen molar-refractivity contribution in [1.29, 1.82) is 0 Å². The Hall–Kier alpha value is -1.73. The van der Waals surface area contributed by atoms with Gasteiger partial charge in [-0.15, -0.1) is 0 Å². The van der Waals surface area contributed by atoms with E-state index < -0.39 is 11.0 Å². The molecule has 0 atom stereocenters. The van der Waals surface area contributed by atoms with Crippen molar-refractivity contribution >= 4 is 28.0 Å². The second-order valence-corrected chi connectivity index (χ2v) is 7.46. The third kappa shape index (κ3) is 2.90. The number of hydrogen-bond donors (Lipinski definition) is 3. The van der Waals surface area contributed by atoms with E-state index in [4.69, 9.17) is 0 Å². The lowest BCUT2D eigenvalue weighted by molar-refractivity contribution is 0.483. The number of aryl methyl sites for hydroxylation is 1. The maximum absolute atomic E-state index is 10.9. The Kier molecular flexibility index (Phi) is 4.50. The summed E-state index contributed by atoms with van der Waals surface area (Å²) in [5, 5.41) is 3.10. The van der Waals surface area contributed by atoms with Crippen molar-refractivity contribution in [3.05, 3.63) is 54.1 Å². The molecule has 2 aromatic rings. The zero-order valence-electron chi connectivity index (χ0n) is 13.4. The van der Waals surface area contributed by atoms with E-state index in [1.165, 1.54) is 0 Å². The minimum absolute atomic E-state index is 0.586. The van der Waals surface area contributed by atoms with Crippen LogP contribution in [0, 0.1) is 6.92 Å². The Bertz CT molecular complexity index is 679. The molecule has 0 aliphatic carbocycles. The summed E-state index contributed by atoms with van der Waals surface area (Å²) in [4.78, 5) is 0. The molecule has 23 heavy (non-hydrogen) atoms. The third-order valence-corrected chi connectivity index (χ3v) is 5.81. The molecular formula is C17H23N3O2S. The molecule has 124 valence electrons. The predicted molar refractivity (Wildman–Crippen MR) is 98.5 cm³/mol. The highest BCUT2D eigenvalue weighted by Crippen LogP contribution is 2.64. The average molecular weight is 333 g/mol. The fourth-order valence-electron chi connectivity index (χ4n) is 2.86. The van der Waals surface area contributed by atoms with E-state index in [9.17, 15) is 9.11 Å². The molecule has 1 aliphatic heterocycles. The number of fused-ring (bicyclic) bond motifs is 1. The highest BCUT2D eigenvalue weighted by Gasteiger charge is 2.41. The summed E-state index contributed by atoms with van der Waals surface area (Å²) >= 11 is 0. The fraction of sp³-hybridized carbons (Fsp3) is 0.294. The van der Waals surface area contributed by atoms with Crippen molar-refractivity contribution in [2.75, 3.05) is 28.7 Å². The molecule has 3 N–H and O–H groups in total. The highest BCUT2D eigenvalue weighted by atomic mass is 32.3. The van der Waals surface area contributed by atoms with Gasteiger partial charge in [-0.3, -0.25) is 13.4 Å². The van der Waals surface area contributed by atoms with Crippen LogP contribution in [0.3, 0.4) is 0 Å². The van der Waals surface area contributed by atoms with Gasteiger partial charge in [-0.1, -0.05) is 24.3 Å². The molecule has 0 unspecified atom stereocenters. The molecule has 2 aromatic carbocycles. The second kappa shape index (κ2) is 6.41. The van der Waals surface area contributed by atoms with Crippen LogP contribution in [0.15, 0.2) is 48.5 Å². The molecule has 5 nitrogen and oxygen atoms in total. The lowest BCUT2D eigenvalue weighted by Gasteiger charge is -2.43. The first kappa shape index (κ1) is 16.1. The number of rotatable bonds is 5. The lowest BCUT2D eigenvalue weighted by atomic mass is 10.1. The molecule has 1 heterocycles. The monoisotopic (exact) mass is 333 g/mol. The SMILES string of the molecule is CNCCCN1c2ccc(C)cc2N(c2ccccc2)S1(O)O. The number of anilines is 3. The Morgan fingerprint density at radius 2 is 1.78 bits per heavy atom. The number of nitrogens with zero attached hydrogens (tertiary/aromatic N) is 2. The summed E-state index contributed by atoms with van der Waals surface area (Å²) in [6.45, 7) is 3.43. The smallest absolute Gasteiger partial charge is 0.0898 e. The molecule has 0 saturated heterocycles. The first-order valence-corrected chi connectivity index (χ1v) is 9.18. The lowest BCUT2D eigenvalue weighted by Crippen LogP contribution is -2.32. The van der Waals surface area contributed by atoms with Gasteiger partial charge in [0.1, 0.15) is 0 Å². The summed E-state index contributed by atoms with van der Waals surface area (Å²) < 4.78 is 25.3. The minimum Gasteiger partial charge on any atom is -0.320 e. The summed E-state index contributed by atoms with van der Waals surface area (Å²) in [5.41, 5.74) is 3.60. The molecule has 1 aliphatic rings. The van der Waals surface area contributed by atoms with Gasteiger partial charge in [-0.25, -0.2) is 4.31 Å². The van der Waals surface area contributed by atoms with Crippen molar-refractivity contribution in [1.82, 2.24) is 5.32 Å². The standard InChI is InChI=1S/C17H23N3O2S/c1-14-9-10-16-17(13-14)20(15-7-4-3-5-8-15)23(21,22)19(16)12-6-11-18-2/h3-5,7-10,13,18,21-22H,6,11-12H2,1-2H3. The van der Waals surface area contributed by atoms with Gasteiger partial charge in [0, 0.05) is 6.54 Å². The molecule has 3 rings (SSSR count). The summed E-state index contributed by atoms with van der Waals surface area (Å²) in [6, 6.07) is 15.5. The second-order valence-electron chi connectivity index (χ2n) is 5.67. The molecule has 0 bridgehead atoms. The van der Waals surface area contributed by atoms with Crippen molar-refractivity contribution in [3.63, 3.8) is 0 Å². The van der Waals surface area contributed by atoms with E-state index in [1.807, 2.05) is 62.5 Å². The van der Waals surface area contributed by atoms with Crippen LogP contribution in [0.2, 0.25) is 0 Å². The van der Waals surface area contributed by atoms with Gasteiger partial charge in [-0.2, -0.15) is 0 Å². The predicted octanol–water partition coefficient (Wildman–Crippen LogP) is 4.14. The van der Waals surface area contributed by atoms with Crippen LogP contribution in [0.4, 0.5) is 17.1 Å². The summed E-state index contributed by atoms with van der Waals surface area (Å²) in [5.74, 6) is 0. The third-order valence-electron chi connectivity index (χ3n) is 3.94. The molecule has 0 saturated carbocycles. The maximum Gasteiger partial charge on any atom is 0.0898 e. The van der Waals surface area contributed by atoms with Crippen LogP contribution in [-0.4, -0.2) is 29.2 Å². The van der Waals surface area contributed by atoms with Crippen LogP contribution in [-0.2, 0) is 0 Å². The van der Waals surface area contributed by atoms with Gasteiger partial charge < -0.3 is 5.32 Å². The molecule has 0 fully saturated rings. The van der Waals surface area contributed by atoms with Gasteiger partial charge in [0.2, 0.25) is 0 Å². The van der Waals surface area contributed by atoms with Crippen LogP contribution >= 0.6 is 11.0 Å². The normalized spacial score (nSPS) is 17.2. The Balaban J connectivity index is 2.05. The van der Waals surface area contributed by atoms with Crippen molar-refractivity contribution < 1.29 is 9.11 Å². The first-order chi connectivity index (χ1) is 11.1. The molecule has 0 spiro atoms. The summed E-state index contributed by atoms with van der Waals surface area (Å²) in [6.07, 6.45) is 0.836. The van der Waals surface area contributed by atoms with E-state index in [0.717, 1.165) is 35.6 Å². The summed E-state index contributed by atoms with van der Waals surface area (Å²) in [7, 11) is -1.20. The largest absolute Gasteiger partial charge is 0.320 e. The Morgan fingerprint density at radius 3 is 2.48 bits per heavy atom. The van der Waals surface area contributed by atoms with Crippen LogP contribution in [0.1, 0.15) is 12.0 Å². The number of benzene rings is 2. The quantitative estimate of drug-likeness (QED) is 0.718. The van der Waals surface area contributed by atoms with Gasteiger partial charge in [0.15, 0.2) is 0 Å². The van der Waals surface area contributed by atoms with Gasteiger partial charge in [-0.05, 0) is 67.7 Å². The van der Waals surface area contributed by atoms with Crippen molar-refractivity contribution in [2.24, 2.45) is 0 Å². The zero-order valence-corrected chi connectivity index (χ0v) is 14.3. The molecular weight excluding hydrogens is 310 g/mol. The van der Waals surface area contributed by atoms with Crippen LogP contribution in [0.25, 0.3) is 0 Å². The van der Waals surface area contributed by atoms with E-state index >= 15 is 0 Å². The van der Waals surface area contributed by atoms with E-state index in [2.05, 4.69) is 5.32 Å². The van der Waals surface area contributed by atoms with Crippen molar-refractivity contribution in [2.45, 2.75) is 13.3 Å². The Morgan fingerprint density at radius 1 is 1.04 bits per heavy atom. The number of hydrogen-bond acceptors (Lipinski definition) is 5. The van der Waals surface area contributed by atoms with E-state index in [1.54, 1.807) is 8.61 Å². The van der Waals surface area contributed by atoms with Gasteiger partial charge >= 0.3 is 0 Å². The highest BCUT2D eigenvalue weighted by molar-refractivity contribution is 8.27. The molecule has 0 aromatic heterocycles. The van der Waals surface area contributed by atoms with E-state index in [0.29, 0.717) is 6.54 Å². The number of nitrogens with one attached hydrogen (secondary N) is 1. The Labute approximate surface area is 139 Å². The fourth-order valence-corrected chi connectivity index (χ4v) is 4.66. The zero-order chi connectivity index (χ0) is 16.4. The molecule has 6 heteroatoms.